The maximum atomic E-state index is 13.5. The van der Waals surface area contributed by atoms with Crippen LogP contribution in [0.5, 0.6) is 0 Å². The van der Waals surface area contributed by atoms with Gasteiger partial charge in [0.05, 0.1) is 16.9 Å². The lowest BCUT2D eigenvalue weighted by molar-refractivity contribution is -0.161. The molecule has 2 amide bonds. The number of rotatable bonds is 9. The molecule has 0 saturated carbocycles. The molecule has 0 aliphatic carbocycles. The second-order valence-electron chi connectivity index (χ2n) is 11.2. The first-order chi connectivity index (χ1) is 18.1. The Morgan fingerprint density at radius 1 is 1.12 bits per heavy atom. The summed E-state index contributed by atoms with van der Waals surface area (Å²) in [5.74, 6) is -0.549. The van der Waals surface area contributed by atoms with Crippen molar-refractivity contribution in [2.75, 3.05) is 19.6 Å². The molecule has 9 nitrogen and oxygen atoms in total. The highest BCUT2D eigenvalue weighted by Gasteiger charge is 2.53. The van der Waals surface area contributed by atoms with Crippen molar-refractivity contribution in [1.29, 1.82) is 0 Å². The lowest BCUT2D eigenvalue weighted by Gasteiger charge is -2.52. The van der Waals surface area contributed by atoms with Crippen molar-refractivity contribution in [3.63, 3.8) is 0 Å². The molecule has 1 aromatic carbocycles. The summed E-state index contributed by atoms with van der Waals surface area (Å²) >= 11 is 0. The molecule has 11 heteroatoms. The molecule has 1 atom stereocenters. The summed E-state index contributed by atoms with van der Waals surface area (Å²) in [6, 6.07) is 6.29. The standard InChI is InChI=1S/C29H41N5O4.2ClH/c1-6-7-14-33-26(35)25(17-19(2)3)30-28(38)29(33)12-15-32(16-13-29)18-24-20(4)31-34(21(24)5)23-10-8-22(9-11-23)27(36)37;;/h8-11,19,25H,6-7,12-18H2,1-5H3,(H,30,38)(H,36,37);2*1H. The Morgan fingerprint density at radius 2 is 1.75 bits per heavy atom. The van der Waals surface area contributed by atoms with Gasteiger partial charge < -0.3 is 15.3 Å². The number of benzene rings is 1. The van der Waals surface area contributed by atoms with Gasteiger partial charge in [0.15, 0.2) is 0 Å². The van der Waals surface area contributed by atoms with E-state index in [1.54, 1.807) is 24.3 Å². The summed E-state index contributed by atoms with van der Waals surface area (Å²) in [4.78, 5) is 42.5. The lowest BCUT2D eigenvalue weighted by Crippen LogP contribution is -2.73. The summed E-state index contributed by atoms with van der Waals surface area (Å²) < 4.78 is 1.86. The fraction of sp³-hybridized carbons (Fsp3) is 0.586. The van der Waals surface area contributed by atoms with E-state index in [2.05, 4.69) is 31.0 Å². The maximum absolute atomic E-state index is 13.5. The van der Waals surface area contributed by atoms with Crippen molar-refractivity contribution in [1.82, 2.24) is 24.9 Å². The summed E-state index contributed by atoms with van der Waals surface area (Å²) in [5, 5.41) is 17.0. The van der Waals surface area contributed by atoms with E-state index in [0.717, 1.165) is 48.6 Å². The number of piperazine rings is 1. The van der Waals surface area contributed by atoms with Gasteiger partial charge >= 0.3 is 5.97 Å². The number of likely N-dealkylation sites (tertiary alicyclic amines) is 1. The molecule has 222 valence electrons. The number of aromatic carboxylic acids is 1. The molecule has 4 rings (SSSR count). The number of carboxylic acids is 1. The van der Waals surface area contributed by atoms with Crippen molar-refractivity contribution in [2.45, 2.75) is 84.8 Å². The van der Waals surface area contributed by atoms with Crippen LogP contribution >= 0.6 is 24.8 Å². The molecule has 2 aromatic rings. The first-order valence-electron chi connectivity index (χ1n) is 13.8. The molecule has 0 bridgehead atoms. The maximum Gasteiger partial charge on any atom is 0.335 e. The van der Waals surface area contributed by atoms with E-state index < -0.39 is 17.6 Å². The molecule has 0 radical (unpaired) electrons. The molecule has 3 heterocycles. The molecule has 2 N–H and O–H groups in total. The zero-order valence-electron chi connectivity index (χ0n) is 24.1. The highest BCUT2D eigenvalue weighted by Crippen LogP contribution is 2.35. The summed E-state index contributed by atoms with van der Waals surface area (Å²) in [6.07, 6.45) is 3.77. The number of carbonyl (C=O) groups is 3. The fourth-order valence-electron chi connectivity index (χ4n) is 5.85. The number of amides is 2. The predicted molar refractivity (Wildman–Crippen MR) is 160 cm³/mol. The molecular formula is C29H43Cl2N5O4. The summed E-state index contributed by atoms with van der Waals surface area (Å²) in [6.45, 7) is 13.1. The Labute approximate surface area is 249 Å². The number of hydrogen-bond donors (Lipinski definition) is 2. The van der Waals surface area contributed by atoms with Gasteiger partial charge in [-0.15, -0.1) is 24.8 Å². The van der Waals surface area contributed by atoms with Crippen LogP contribution in [0.25, 0.3) is 5.69 Å². The first kappa shape index (κ1) is 33.6. The van der Waals surface area contributed by atoms with Crippen LogP contribution in [-0.2, 0) is 16.1 Å². The van der Waals surface area contributed by atoms with Crippen molar-refractivity contribution in [2.24, 2.45) is 5.92 Å². The van der Waals surface area contributed by atoms with E-state index >= 15 is 0 Å². The minimum atomic E-state index is -0.953. The number of nitrogens with one attached hydrogen (secondary N) is 1. The number of aromatic nitrogens is 2. The highest BCUT2D eigenvalue weighted by atomic mass is 35.5. The zero-order valence-corrected chi connectivity index (χ0v) is 25.7. The smallest absolute Gasteiger partial charge is 0.335 e. The van der Waals surface area contributed by atoms with Gasteiger partial charge in [0.2, 0.25) is 11.8 Å². The largest absolute Gasteiger partial charge is 0.478 e. The second kappa shape index (κ2) is 13.8. The highest BCUT2D eigenvalue weighted by molar-refractivity contribution is 6.00. The number of hydrogen-bond acceptors (Lipinski definition) is 5. The second-order valence-corrected chi connectivity index (χ2v) is 11.2. The van der Waals surface area contributed by atoms with Crippen molar-refractivity contribution < 1.29 is 19.5 Å². The molecule has 2 aliphatic rings. The van der Waals surface area contributed by atoms with Crippen LogP contribution in [0.3, 0.4) is 0 Å². The van der Waals surface area contributed by atoms with E-state index in [1.165, 1.54) is 0 Å². The van der Waals surface area contributed by atoms with E-state index in [9.17, 15) is 19.5 Å². The van der Waals surface area contributed by atoms with Gasteiger partial charge in [0, 0.05) is 37.4 Å². The van der Waals surface area contributed by atoms with Crippen LogP contribution in [0.2, 0.25) is 0 Å². The monoisotopic (exact) mass is 595 g/mol. The van der Waals surface area contributed by atoms with Crippen LogP contribution in [0.1, 0.15) is 80.2 Å². The average Bonchev–Trinajstić information content (AvgIpc) is 3.16. The number of halogens is 2. The molecule has 1 aromatic heterocycles. The molecule has 2 fully saturated rings. The SMILES string of the molecule is CCCCN1C(=O)C(CC(C)C)NC(=O)C12CCN(Cc1c(C)nn(-c3ccc(C(=O)O)cc3)c1C)CC2.Cl.Cl. The third-order valence-corrected chi connectivity index (χ3v) is 8.12. The molecule has 2 aliphatic heterocycles. The molecule has 1 spiro atoms. The third kappa shape index (κ3) is 6.64. The van der Waals surface area contributed by atoms with Crippen molar-refractivity contribution >= 4 is 42.6 Å². The van der Waals surface area contributed by atoms with Gasteiger partial charge in [0.1, 0.15) is 11.6 Å². The van der Waals surface area contributed by atoms with E-state index in [1.807, 2.05) is 23.4 Å². The Kier molecular flexibility index (Phi) is 11.6. The zero-order chi connectivity index (χ0) is 27.6. The van der Waals surface area contributed by atoms with Crippen molar-refractivity contribution in [3.8, 4) is 5.69 Å². The molecule has 1 unspecified atom stereocenters. The normalized spacial score (nSPS) is 18.9. The van der Waals surface area contributed by atoms with Crippen LogP contribution in [0.4, 0.5) is 0 Å². The van der Waals surface area contributed by atoms with Crippen LogP contribution < -0.4 is 5.32 Å². The Balaban J connectivity index is 0.00000280. The average molecular weight is 597 g/mol. The van der Waals surface area contributed by atoms with Crippen LogP contribution in [0.15, 0.2) is 24.3 Å². The summed E-state index contributed by atoms with van der Waals surface area (Å²) in [5.41, 5.74) is 3.36. The predicted octanol–water partition coefficient (Wildman–Crippen LogP) is 4.54. The topological polar surface area (TPSA) is 108 Å². The minimum Gasteiger partial charge on any atom is -0.478 e. The Hall–Kier alpha value is -2.62. The third-order valence-electron chi connectivity index (χ3n) is 8.12. The fourth-order valence-corrected chi connectivity index (χ4v) is 5.85. The Bertz CT molecular complexity index is 1190. The van der Waals surface area contributed by atoms with Gasteiger partial charge in [-0.1, -0.05) is 27.2 Å². The van der Waals surface area contributed by atoms with E-state index in [-0.39, 0.29) is 42.2 Å². The Morgan fingerprint density at radius 3 is 2.30 bits per heavy atom. The molecule has 40 heavy (non-hydrogen) atoms. The van der Waals surface area contributed by atoms with Gasteiger partial charge in [-0.3, -0.25) is 14.5 Å². The van der Waals surface area contributed by atoms with Crippen molar-refractivity contribution in [3.05, 3.63) is 46.8 Å². The van der Waals surface area contributed by atoms with Crippen LogP contribution in [0, 0.1) is 19.8 Å². The minimum absolute atomic E-state index is 0. The molecule has 2 saturated heterocycles. The number of carboxylic acid groups (broad SMARTS) is 1. The molecular weight excluding hydrogens is 553 g/mol. The first-order valence-corrected chi connectivity index (χ1v) is 13.8. The summed E-state index contributed by atoms with van der Waals surface area (Å²) in [7, 11) is 0. The number of aryl methyl sites for hydroxylation is 1. The van der Waals surface area contributed by atoms with E-state index in [4.69, 9.17) is 5.10 Å². The van der Waals surface area contributed by atoms with Crippen LogP contribution in [-0.4, -0.2) is 73.7 Å². The van der Waals surface area contributed by atoms with E-state index in [0.29, 0.717) is 38.3 Å². The number of piperidine rings is 1. The quantitative estimate of drug-likeness (QED) is 0.440. The number of nitrogens with zero attached hydrogens (tertiary/aromatic N) is 4. The lowest BCUT2D eigenvalue weighted by atomic mass is 9.80. The van der Waals surface area contributed by atoms with Gasteiger partial charge in [-0.05, 0) is 69.7 Å². The van der Waals surface area contributed by atoms with Gasteiger partial charge in [-0.2, -0.15) is 5.10 Å². The number of unbranched alkanes of at least 4 members (excludes halogenated alkanes) is 1. The van der Waals surface area contributed by atoms with Gasteiger partial charge in [-0.25, -0.2) is 9.48 Å². The van der Waals surface area contributed by atoms with Gasteiger partial charge in [0.25, 0.3) is 0 Å². The number of carbonyl (C=O) groups excluding carboxylic acids is 2.